The minimum atomic E-state index is -0.571. The lowest BCUT2D eigenvalue weighted by Gasteiger charge is -2.41. The molecule has 1 saturated carbocycles. The van der Waals surface area contributed by atoms with Gasteiger partial charge < -0.3 is 14.4 Å². The van der Waals surface area contributed by atoms with E-state index >= 15 is 0 Å². The monoisotopic (exact) mass is 272 g/mol. The molecule has 4 rings (SSSR count). The summed E-state index contributed by atoms with van der Waals surface area (Å²) in [5.74, 6) is 0.717. The lowest BCUT2D eigenvalue weighted by molar-refractivity contribution is -0.0616. The molecule has 4 nitrogen and oxygen atoms in total. The minimum absolute atomic E-state index is 0.266. The van der Waals surface area contributed by atoms with Crippen LogP contribution in [0.1, 0.15) is 26.2 Å². The number of β-amino-alcohol motifs (C(OH)–C–C–N with tert-alkyl or cyclic N) is 1. The fourth-order valence-corrected chi connectivity index (χ4v) is 3.60. The van der Waals surface area contributed by atoms with Gasteiger partial charge in [0.2, 0.25) is 0 Å². The second-order valence-electron chi connectivity index (χ2n) is 6.36. The van der Waals surface area contributed by atoms with E-state index in [9.17, 15) is 5.11 Å². The van der Waals surface area contributed by atoms with Gasteiger partial charge in [-0.15, -0.1) is 0 Å². The van der Waals surface area contributed by atoms with Crippen molar-refractivity contribution >= 4 is 17.1 Å². The van der Waals surface area contributed by atoms with E-state index in [1.165, 1.54) is 6.42 Å². The highest BCUT2D eigenvalue weighted by molar-refractivity contribution is 5.74. The number of aromatic nitrogens is 1. The summed E-state index contributed by atoms with van der Waals surface area (Å²) in [7, 11) is 0. The normalized spacial score (nSPS) is 30.9. The van der Waals surface area contributed by atoms with Gasteiger partial charge >= 0.3 is 0 Å². The first kappa shape index (κ1) is 12.2. The van der Waals surface area contributed by atoms with Gasteiger partial charge in [-0.25, -0.2) is 0 Å². The Labute approximate surface area is 118 Å². The van der Waals surface area contributed by atoms with Crippen LogP contribution in [0, 0.1) is 11.8 Å². The highest BCUT2D eigenvalue weighted by Gasteiger charge is 2.50. The third kappa shape index (κ3) is 1.67. The zero-order valence-electron chi connectivity index (χ0n) is 11.7. The Morgan fingerprint density at radius 2 is 2.15 bits per heavy atom. The SMILES string of the molecule is C[C@@H]1CN(c2nc3ccccc3o2)C[C@@]1(O)C1CCC1. The van der Waals surface area contributed by atoms with Gasteiger partial charge in [-0.1, -0.05) is 25.5 Å². The van der Waals surface area contributed by atoms with E-state index in [4.69, 9.17) is 4.42 Å². The van der Waals surface area contributed by atoms with Gasteiger partial charge in [-0.05, 0) is 30.9 Å². The van der Waals surface area contributed by atoms with E-state index in [1.54, 1.807) is 0 Å². The van der Waals surface area contributed by atoms with Crippen molar-refractivity contribution in [3.05, 3.63) is 24.3 Å². The van der Waals surface area contributed by atoms with Crippen molar-refractivity contribution in [2.45, 2.75) is 31.8 Å². The number of hydrogen-bond acceptors (Lipinski definition) is 4. The molecular formula is C16H20N2O2. The predicted molar refractivity (Wildman–Crippen MR) is 77.7 cm³/mol. The van der Waals surface area contributed by atoms with Crippen LogP contribution in [0.3, 0.4) is 0 Å². The van der Waals surface area contributed by atoms with E-state index in [1.807, 2.05) is 24.3 Å². The lowest BCUT2D eigenvalue weighted by atomic mass is 9.69. The summed E-state index contributed by atoms with van der Waals surface area (Å²) >= 11 is 0. The molecule has 1 aliphatic heterocycles. The van der Waals surface area contributed by atoms with Crippen LogP contribution in [0.15, 0.2) is 28.7 Å². The van der Waals surface area contributed by atoms with Gasteiger partial charge in [0.25, 0.3) is 6.01 Å². The van der Waals surface area contributed by atoms with Gasteiger partial charge in [0.15, 0.2) is 5.58 Å². The molecule has 1 N–H and O–H groups in total. The highest BCUT2D eigenvalue weighted by atomic mass is 16.4. The zero-order valence-corrected chi connectivity index (χ0v) is 11.7. The van der Waals surface area contributed by atoms with Gasteiger partial charge in [0, 0.05) is 12.5 Å². The van der Waals surface area contributed by atoms with Crippen molar-refractivity contribution < 1.29 is 9.52 Å². The lowest BCUT2D eigenvalue weighted by Crippen LogP contribution is -2.47. The molecule has 1 aliphatic carbocycles. The Bertz CT molecular complexity index is 601. The fourth-order valence-electron chi connectivity index (χ4n) is 3.60. The summed E-state index contributed by atoms with van der Waals surface area (Å²) in [5.41, 5.74) is 1.13. The van der Waals surface area contributed by atoms with E-state index in [-0.39, 0.29) is 5.92 Å². The van der Waals surface area contributed by atoms with Gasteiger partial charge in [-0.2, -0.15) is 4.98 Å². The Balaban J connectivity index is 1.63. The van der Waals surface area contributed by atoms with E-state index in [0.29, 0.717) is 18.5 Å². The third-order valence-electron chi connectivity index (χ3n) is 5.16. The number of aliphatic hydroxyl groups is 1. The standard InChI is InChI=1S/C16H20N2O2/c1-11-9-18(10-16(11,19)12-5-4-6-12)15-17-13-7-2-3-8-14(13)20-15/h2-3,7-8,11-12,19H,4-6,9-10H2,1H3/t11-,16+/m1/s1. The van der Waals surface area contributed by atoms with Gasteiger partial charge in [-0.3, -0.25) is 0 Å². The zero-order chi connectivity index (χ0) is 13.7. The van der Waals surface area contributed by atoms with Gasteiger partial charge in [0.05, 0.1) is 12.1 Å². The first-order chi connectivity index (χ1) is 9.67. The van der Waals surface area contributed by atoms with Crippen LogP contribution < -0.4 is 4.90 Å². The molecule has 4 heteroatoms. The molecule has 2 fully saturated rings. The second-order valence-corrected chi connectivity index (χ2v) is 6.36. The van der Waals surface area contributed by atoms with Crippen molar-refractivity contribution in [2.24, 2.45) is 11.8 Å². The van der Waals surface area contributed by atoms with Crippen LogP contribution in [0.25, 0.3) is 11.1 Å². The van der Waals surface area contributed by atoms with Crippen molar-refractivity contribution in [1.82, 2.24) is 4.98 Å². The van der Waals surface area contributed by atoms with Crippen molar-refractivity contribution in [3.8, 4) is 0 Å². The summed E-state index contributed by atoms with van der Waals surface area (Å²) in [6.07, 6.45) is 3.56. The van der Waals surface area contributed by atoms with Crippen molar-refractivity contribution in [2.75, 3.05) is 18.0 Å². The molecule has 1 aromatic heterocycles. The van der Waals surface area contributed by atoms with E-state index in [0.717, 1.165) is 30.5 Å². The molecule has 106 valence electrons. The van der Waals surface area contributed by atoms with Crippen LogP contribution in [-0.2, 0) is 0 Å². The Morgan fingerprint density at radius 3 is 2.85 bits per heavy atom. The molecule has 0 unspecified atom stereocenters. The molecule has 2 atom stereocenters. The molecule has 0 spiro atoms. The molecule has 20 heavy (non-hydrogen) atoms. The summed E-state index contributed by atoms with van der Waals surface area (Å²) < 4.78 is 5.83. The molecule has 0 amide bonds. The summed E-state index contributed by atoms with van der Waals surface area (Å²) in [6, 6.07) is 8.46. The third-order valence-corrected chi connectivity index (χ3v) is 5.16. The molecule has 2 aliphatic rings. The van der Waals surface area contributed by atoms with Crippen LogP contribution in [0.4, 0.5) is 6.01 Å². The molecule has 0 radical (unpaired) electrons. The van der Waals surface area contributed by atoms with E-state index in [2.05, 4.69) is 16.8 Å². The number of para-hydroxylation sites is 2. The largest absolute Gasteiger partial charge is 0.423 e. The number of nitrogens with zero attached hydrogens (tertiary/aromatic N) is 2. The maximum atomic E-state index is 11.0. The topological polar surface area (TPSA) is 49.5 Å². The second kappa shape index (κ2) is 4.22. The Kier molecular flexibility index (Phi) is 2.58. The van der Waals surface area contributed by atoms with Crippen LogP contribution in [0.2, 0.25) is 0 Å². The van der Waals surface area contributed by atoms with Crippen LogP contribution >= 0.6 is 0 Å². The quantitative estimate of drug-likeness (QED) is 0.913. The molecule has 0 bridgehead atoms. The highest BCUT2D eigenvalue weighted by Crippen LogP contribution is 2.45. The summed E-state index contributed by atoms with van der Waals surface area (Å²) in [5, 5.41) is 11.0. The van der Waals surface area contributed by atoms with Crippen LogP contribution in [-0.4, -0.2) is 28.8 Å². The minimum Gasteiger partial charge on any atom is -0.423 e. The maximum absolute atomic E-state index is 11.0. The Hall–Kier alpha value is -1.55. The number of rotatable bonds is 2. The first-order valence-corrected chi connectivity index (χ1v) is 7.50. The Morgan fingerprint density at radius 1 is 1.35 bits per heavy atom. The number of hydrogen-bond donors (Lipinski definition) is 1. The summed E-state index contributed by atoms with van der Waals surface area (Å²) in [6.45, 7) is 3.60. The number of oxazole rings is 1. The molecular weight excluding hydrogens is 252 g/mol. The number of fused-ring (bicyclic) bond motifs is 1. The molecule has 1 saturated heterocycles. The average molecular weight is 272 g/mol. The van der Waals surface area contributed by atoms with Crippen LogP contribution in [0.5, 0.6) is 0 Å². The van der Waals surface area contributed by atoms with Crippen molar-refractivity contribution in [3.63, 3.8) is 0 Å². The predicted octanol–water partition coefficient (Wildman–Crippen LogP) is 2.82. The molecule has 1 aromatic carbocycles. The van der Waals surface area contributed by atoms with E-state index < -0.39 is 5.60 Å². The molecule has 2 aromatic rings. The van der Waals surface area contributed by atoms with Crippen molar-refractivity contribution in [1.29, 1.82) is 0 Å². The smallest absolute Gasteiger partial charge is 0.298 e. The number of anilines is 1. The maximum Gasteiger partial charge on any atom is 0.298 e. The first-order valence-electron chi connectivity index (χ1n) is 7.50. The molecule has 2 heterocycles. The fraction of sp³-hybridized carbons (Fsp3) is 0.562. The number of benzene rings is 1. The van der Waals surface area contributed by atoms with Gasteiger partial charge in [0.1, 0.15) is 5.52 Å². The summed E-state index contributed by atoms with van der Waals surface area (Å²) in [4.78, 5) is 6.65. The average Bonchev–Trinajstić information content (AvgIpc) is 2.90.